The fraction of sp³-hybridized carbons (Fsp3) is 0.0500. The number of carbonyl (C=O) groups excluding carboxylic acids is 1. The van der Waals surface area contributed by atoms with Gasteiger partial charge in [0, 0.05) is 8.59 Å². The molecule has 0 aliphatic rings. The highest BCUT2D eigenvalue weighted by molar-refractivity contribution is 14.1. The van der Waals surface area contributed by atoms with Crippen LogP contribution in [-0.4, -0.2) is 5.91 Å². The molecule has 0 saturated heterocycles. The zero-order valence-corrected chi connectivity index (χ0v) is 16.3. The van der Waals surface area contributed by atoms with Crippen molar-refractivity contribution in [1.29, 1.82) is 0 Å². The summed E-state index contributed by atoms with van der Waals surface area (Å²) < 4.78 is 6.77. The maximum absolute atomic E-state index is 12.6. The summed E-state index contributed by atoms with van der Waals surface area (Å²) in [7, 11) is 0. The quantitative estimate of drug-likeness (QED) is 0.461. The maximum atomic E-state index is 12.6. The fourth-order valence-corrected chi connectivity index (χ4v) is 3.39. The second-order valence-corrected chi connectivity index (χ2v) is 7.09. The Labute approximate surface area is 165 Å². The van der Waals surface area contributed by atoms with Crippen molar-refractivity contribution >= 4 is 45.8 Å². The minimum atomic E-state index is -0.204. The van der Waals surface area contributed by atoms with Gasteiger partial charge in [-0.05, 0) is 72.0 Å². The first kappa shape index (κ1) is 17.8. The van der Waals surface area contributed by atoms with Gasteiger partial charge in [0.25, 0.3) is 5.91 Å². The minimum absolute atomic E-state index is 0.204. The monoisotopic (exact) mass is 463 g/mol. The van der Waals surface area contributed by atoms with Crippen LogP contribution in [0.2, 0.25) is 5.02 Å². The molecule has 0 bridgehead atoms. The van der Waals surface area contributed by atoms with E-state index >= 15 is 0 Å². The molecule has 0 saturated carbocycles. The molecule has 3 nitrogen and oxygen atoms in total. The summed E-state index contributed by atoms with van der Waals surface area (Å²) >= 11 is 8.25. The van der Waals surface area contributed by atoms with E-state index in [1.165, 1.54) is 0 Å². The van der Waals surface area contributed by atoms with Gasteiger partial charge in [-0.3, -0.25) is 4.79 Å². The molecule has 25 heavy (non-hydrogen) atoms. The lowest BCUT2D eigenvalue weighted by molar-refractivity contribution is 0.102. The summed E-state index contributed by atoms with van der Waals surface area (Å²) in [5, 5.41) is 3.42. The molecule has 0 aromatic heterocycles. The number of anilines is 1. The van der Waals surface area contributed by atoms with Gasteiger partial charge in [-0.25, -0.2) is 0 Å². The zero-order valence-electron chi connectivity index (χ0n) is 13.4. The summed E-state index contributed by atoms with van der Waals surface area (Å²) in [5.74, 6) is 1.01. The van der Waals surface area contributed by atoms with E-state index in [0.29, 0.717) is 27.8 Å². The van der Waals surface area contributed by atoms with E-state index in [1.54, 1.807) is 18.2 Å². The molecule has 0 radical (unpaired) electrons. The van der Waals surface area contributed by atoms with E-state index in [1.807, 2.05) is 55.5 Å². The second-order valence-electron chi connectivity index (χ2n) is 5.49. The number of ether oxygens (including phenoxy) is 1. The van der Waals surface area contributed by atoms with Crippen LogP contribution in [0.15, 0.2) is 66.7 Å². The molecular formula is C20H15ClINO2. The van der Waals surface area contributed by atoms with Crippen LogP contribution in [0.5, 0.6) is 11.5 Å². The van der Waals surface area contributed by atoms with Crippen molar-refractivity contribution in [2.45, 2.75) is 6.92 Å². The van der Waals surface area contributed by atoms with Crippen LogP contribution < -0.4 is 10.1 Å². The van der Waals surface area contributed by atoms with Crippen LogP contribution in [-0.2, 0) is 0 Å². The Kier molecular flexibility index (Phi) is 5.60. The normalized spacial score (nSPS) is 10.4. The number of para-hydroxylation sites is 1. The van der Waals surface area contributed by atoms with Crippen LogP contribution in [0.25, 0.3) is 0 Å². The first-order valence-corrected chi connectivity index (χ1v) is 9.08. The van der Waals surface area contributed by atoms with Crippen molar-refractivity contribution in [2.75, 3.05) is 5.32 Å². The summed E-state index contributed by atoms with van der Waals surface area (Å²) in [6, 6.07) is 20.2. The third-order valence-electron chi connectivity index (χ3n) is 3.53. The minimum Gasteiger partial charge on any atom is -0.455 e. The lowest BCUT2D eigenvalue weighted by atomic mass is 10.1. The molecule has 0 spiro atoms. The van der Waals surface area contributed by atoms with Crippen LogP contribution in [0.3, 0.4) is 0 Å². The van der Waals surface area contributed by atoms with Gasteiger partial charge in [0.1, 0.15) is 5.75 Å². The molecule has 0 heterocycles. The number of aryl methyl sites for hydroxylation is 1. The average Bonchev–Trinajstić information content (AvgIpc) is 2.58. The highest BCUT2D eigenvalue weighted by Gasteiger charge is 2.14. The van der Waals surface area contributed by atoms with Crippen molar-refractivity contribution < 1.29 is 9.53 Å². The summed E-state index contributed by atoms with van der Waals surface area (Å²) in [6.45, 7) is 1.99. The lowest BCUT2D eigenvalue weighted by Crippen LogP contribution is -2.14. The molecule has 1 amide bonds. The second kappa shape index (κ2) is 7.89. The van der Waals surface area contributed by atoms with Gasteiger partial charge in [0.2, 0.25) is 0 Å². The molecule has 0 aliphatic carbocycles. The molecule has 126 valence electrons. The van der Waals surface area contributed by atoms with E-state index in [-0.39, 0.29) is 5.91 Å². The summed E-state index contributed by atoms with van der Waals surface area (Å²) in [5.41, 5.74) is 2.24. The van der Waals surface area contributed by atoms with Crippen molar-refractivity contribution in [2.24, 2.45) is 0 Å². The number of hydrogen-bond donors (Lipinski definition) is 1. The van der Waals surface area contributed by atoms with Gasteiger partial charge in [0.15, 0.2) is 5.75 Å². The molecule has 5 heteroatoms. The highest BCUT2D eigenvalue weighted by Crippen LogP contribution is 2.32. The van der Waals surface area contributed by atoms with Crippen molar-refractivity contribution in [3.05, 3.63) is 86.4 Å². The van der Waals surface area contributed by atoms with Gasteiger partial charge < -0.3 is 10.1 Å². The van der Waals surface area contributed by atoms with Crippen molar-refractivity contribution in [3.8, 4) is 11.5 Å². The zero-order chi connectivity index (χ0) is 17.8. The molecule has 1 N–H and O–H groups in total. The number of carbonyl (C=O) groups is 1. The molecule has 0 atom stereocenters. The predicted octanol–water partition coefficient (Wildman–Crippen LogP) is 6.30. The Morgan fingerprint density at radius 1 is 1.04 bits per heavy atom. The molecule has 0 unspecified atom stereocenters. The highest BCUT2D eigenvalue weighted by atomic mass is 127. The van der Waals surface area contributed by atoms with Gasteiger partial charge in [-0.1, -0.05) is 41.4 Å². The molecule has 0 fully saturated rings. The lowest BCUT2D eigenvalue weighted by Gasteiger charge is -2.13. The van der Waals surface area contributed by atoms with E-state index in [0.717, 1.165) is 9.13 Å². The van der Waals surface area contributed by atoms with Crippen LogP contribution in [0.4, 0.5) is 5.69 Å². The summed E-state index contributed by atoms with van der Waals surface area (Å²) in [4.78, 5) is 12.6. The number of halogens is 2. The predicted molar refractivity (Wildman–Crippen MR) is 110 cm³/mol. The van der Waals surface area contributed by atoms with Crippen molar-refractivity contribution in [1.82, 2.24) is 0 Å². The van der Waals surface area contributed by atoms with E-state index < -0.39 is 0 Å². The molecular weight excluding hydrogens is 449 g/mol. The van der Waals surface area contributed by atoms with E-state index in [4.69, 9.17) is 16.3 Å². The Morgan fingerprint density at radius 2 is 1.80 bits per heavy atom. The standard InChI is InChI=1S/C20H15ClINO2/c1-13-7-9-16(17(22)11-13)20(24)23-18-12-14(21)8-10-19(18)25-15-5-3-2-4-6-15/h2-12H,1H3,(H,23,24). The van der Waals surface area contributed by atoms with Crippen LogP contribution in [0.1, 0.15) is 15.9 Å². The number of rotatable bonds is 4. The van der Waals surface area contributed by atoms with E-state index in [2.05, 4.69) is 27.9 Å². The van der Waals surface area contributed by atoms with Gasteiger partial charge in [-0.15, -0.1) is 0 Å². The van der Waals surface area contributed by atoms with Gasteiger partial charge >= 0.3 is 0 Å². The summed E-state index contributed by atoms with van der Waals surface area (Å²) in [6.07, 6.45) is 0. The maximum Gasteiger partial charge on any atom is 0.256 e. The van der Waals surface area contributed by atoms with Gasteiger partial charge in [0.05, 0.1) is 11.3 Å². The molecule has 3 aromatic carbocycles. The molecule has 0 aliphatic heterocycles. The number of benzene rings is 3. The first-order valence-electron chi connectivity index (χ1n) is 7.63. The SMILES string of the molecule is Cc1ccc(C(=O)Nc2cc(Cl)ccc2Oc2ccccc2)c(I)c1. The molecule has 3 aromatic rings. The van der Waals surface area contributed by atoms with Gasteiger partial charge in [-0.2, -0.15) is 0 Å². The Bertz CT molecular complexity index is 913. The third kappa shape index (κ3) is 4.52. The van der Waals surface area contributed by atoms with Crippen LogP contribution in [0, 0.1) is 10.5 Å². The number of amides is 1. The smallest absolute Gasteiger partial charge is 0.256 e. The Hall–Kier alpha value is -2.05. The van der Waals surface area contributed by atoms with Crippen molar-refractivity contribution in [3.63, 3.8) is 0 Å². The topological polar surface area (TPSA) is 38.3 Å². The Morgan fingerprint density at radius 3 is 2.52 bits per heavy atom. The van der Waals surface area contributed by atoms with Crippen LogP contribution >= 0.6 is 34.2 Å². The Balaban J connectivity index is 1.88. The first-order chi connectivity index (χ1) is 12.0. The largest absolute Gasteiger partial charge is 0.455 e. The number of hydrogen-bond acceptors (Lipinski definition) is 2. The third-order valence-corrected chi connectivity index (χ3v) is 4.66. The van der Waals surface area contributed by atoms with E-state index in [9.17, 15) is 4.79 Å². The number of nitrogens with one attached hydrogen (secondary N) is 1. The fourth-order valence-electron chi connectivity index (χ4n) is 2.30. The average molecular weight is 464 g/mol. The molecule has 3 rings (SSSR count).